The molecule has 6 nitrogen and oxygen atoms in total. The summed E-state index contributed by atoms with van der Waals surface area (Å²) in [5.74, 6) is 2.22. The molecular formula is C21H22FN5O. The van der Waals surface area contributed by atoms with Gasteiger partial charge < -0.3 is 15.0 Å². The molecule has 1 saturated heterocycles. The number of rotatable bonds is 5. The van der Waals surface area contributed by atoms with Crippen molar-refractivity contribution in [3.63, 3.8) is 0 Å². The molecular weight excluding hydrogens is 357 g/mol. The minimum absolute atomic E-state index is 0.122. The second-order valence-corrected chi connectivity index (χ2v) is 7.44. The summed E-state index contributed by atoms with van der Waals surface area (Å²) in [6.07, 6.45) is 7.76. The van der Waals surface area contributed by atoms with Crippen molar-refractivity contribution in [1.82, 2.24) is 15.0 Å². The van der Waals surface area contributed by atoms with E-state index < -0.39 is 0 Å². The lowest BCUT2D eigenvalue weighted by Crippen LogP contribution is -2.39. The van der Waals surface area contributed by atoms with Crippen LogP contribution >= 0.6 is 0 Å². The zero-order valence-electron chi connectivity index (χ0n) is 15.5. The second-order valence-electron chi connectivity index (χ2n) is 7.44. The van der Waals surface area contributed by atoms with Gasteiger partial charge in [-0.1, -0.05) is 0 Å². The summed E-state index contributed by atoms with van der Waals surface area (Å²) in [5.41, 5.74) is 1.67. The number of nitrogens with one attached hydrogen (secondary N) is 1. The van der Waals surface area contributed by atoms with Crippen molar-refractivity contribution >= 4 is 22.7 Å². The summed E-state index contributed by atoms with van der Waals surface area (Å²) >= 11 is 0. The van der Waals surface area contributed by atoms with Gasteiger partial charge in [-0.25, -0.2) is 14.4 Å². The van der Waals surface area contributed by atoms with E-state index >= 15 is 0 Å². The monoisotopic (exact) mass is 379 g/mol. The first kappa shape index (κ1) is 17.2. The van der Waals surface area contributed by atoms with E-state index in [9.17, 15) is 4.39 Å². The number of aromatic nitrogens is 3. The molecule has 28 heavy (non-hydrogen) atoms. The van der Waals surface area contributed by atoms with Crippen molar-refractivity contribution < 1.29 is 9.13 Å². The molecule has 3 aromatic rings. The molecule has 1 aliphatic heterocycles. The fraction of sp³-hybridized carbons (Fsp3) is 0.381. The van der Waals surface area contributed by atoms with Gasteiger partial charge in [0.1, 0.15) is 23.2 Å². The average molecular weight is 379 g/mol. The smallest absolute Gasteiger partial charge is 0.172 e. The van der Waals surface area contributed by atoms with Gasteiger partial charge in [0, 0.05) is 38.2 Å². The van der Waals surface area contributed by atoms with Crippen LogP contribution in [-0.4, -0.2) is 40.2 Å². The van der Waals surface area contributed by atoms with Crippen molar-refractivity contribution in [3.8, 4) is 5.75 Å². The predicted molar refractivity (Wildman–Crippen MR) is 106 cm³/mol. The molecule has 1 saturated carbocycles. The van der Waals surface area contributed by atoms with Gasteiger partial charge >= 0.3 is 0 Å². The SMILES string of the molecule is Fc1ccc(OC2CCN(c3nc4cnccc4nc3NC3CC3)CC2)cc1. The van der Waals surface area contributed by atoms with Crippen LogP contribution in [0.5, 0.6) is 5.75 Å². The highest BCUT2D eigenvalue weighted by molar-refractivity contribution is 5.80. The zero-order valence-corrected chi connectivity index (χ0v) is 15.5. The summed E-state index contributed by atoms with van der Waals surface area (Å²) in [7, 11) is 0. The Kier molecular flexibility index (Phi) is 4.43. The van der Waals surface area contributed by atoms with E-state index in [-0.39, 0.29) is 11.9 Å². The van der Waals surface area contributed by atoms with Crippen LogP contribution in [0.1, 0.15) is 25.7 Å². The molecule has 2 aromatic heterocycles. The van der Waals surface area contributed by atoms with Crippen molar-refractivity contribution in [2.24, 2.45) is 0 Å². The highest BCUT2D eigenvalue weighted by Crippen LogP contribution is 2.32. The molecule has 0 bridgehead atoms. The van der Waals surface area contributed by atoms with E-state index in [2.05, 4.69) is 15.2 Å². The Balaban J connectivity index is 1.32. The van der Waals surface area contributed by atoms with E-state index in [0.717, 1.165) is 48.6 Å². The van der Waals surface area contributed by atoms with Crippen LogP contribution in [0.25, 0.3) is 11.0 Å². The van der Waals surface area contributed by atoms with E-state index in [4.69, 9.17) is 14.7 Å². The minimum atomic E-state index is -0.248. The predicted octanol–water partition coefficient (Wildman–Crippen LogP) is 3.79. The molecule has 2 aliphatic rings. The summed E-state index contributed by atoms with van der Waals surface area (Å²) in [6, 6.07) is 8.62. The summed E-state index contributed by atoms with van der Waals surface area (Å²) < 4.78 is 19.1. The van der Waals surface area contributed by atoms with Gasteiger partial charge in [-0.15, -0.1) is 0 Å². The molecule has 1 N–H and O–H groups in total. The lowest BCUT2D eigenvalue weighted by molar-refractivity contribution is 0.170. The number of hydrogen-bond acceptors (Lipinski definition) is 6. The maximum atomic E-state index is 13.1. The normalized spacial score (nSPS) is 17.7. The number of nitrogens with zero attached hydrogens (tertiary/aromatic N) is 4. The van der Waals surface area contributed by atoms with E-state index in [1.165, 1.54) is 25.0 Å². The third kappa shape index (κ3) is 3.69. The maximum Gasteiger partial charge on any atom is 0.172 e. The fourth-order valence-electron chi connectivity index (χ4n) is 3.53. The molecule has 3 heterocycles. The van der Waals surface area contributed by atoms with Crippen LogP contribution in [0, 0.1) is 5.82 Å². The Morgan fingerprint density at radius 2 is 1.75 bits per heavy atom. The van der Waals surface area contributed by atoms with Gasteiger partial charge in [-0.3, -0.25) is 4.98 Å². The van der Waals surface area contributed by atoms with Crippen LogP contribution in [0.3, 0.4) is 0 Å². The molecule has 5 rings (SSSR count). The average Bonchev–Trinajstić information content (AvgIpc) is 3.54. The molecule has 7 heteroatoms. The molecule has 0 unspecified atom stereocenters. The highest BCUT2D eigenvalue weighted by Gasteiger charge is 2.28. The van der Waals surface area contributed by atoms with Crippen molar-refractivity contribution in [1.29, 1.82) is 0 Å². The largest absolute Gasteiger partial charge is 0.490 e. The van der Waals surface area contributed by atoms with Gasteiger partial charge in [0.2, 0.25) is 0 Å². The van der Waals surface area contributed by atoms with Gasteiger partial charge in [0.05, 0.1) is 11.7 Å². The van der Waals surface area contributed by atoms with Gasteiger partial charge in [0.25, 0.3) is 0 Å². The first-order chi connectivity index (χ1) is 13.7. The molecule has 0 radical (unpaired) electrons. The third-order valence-corrected chi connectivity index (χ3v) is 5.22. The van der Waals surface area contributed by atoms with Crippen LogP contribution in [0.2, 0.25) is 0 Å². The number of fused-ring (bicyclic) bond motifs is 1. The van der Waals surface area contributed by atoms with Crippen LogP contribution < -0.4 is 15.0 Å². The topological polar surface area (TPSA) is 63.2 Å². The number of benzene rings is 1. The van der Waals surface area contributed by atoms with Crippen LogP contribution in [0.4, 0.5) is 16.0 Å². The standard InChI is InChI=1S/C21H22FN5O/c22-14-1-5-16(6-2-14)28-17-8-11-27(12-9-17)21-20(24-15-3-4-15)25-18-7-10-23-13-19(18)26-21/h1-2,5-7,10,13,15,17H,3-4,8-9,11-12H2,(H,24,25). The molecule has 0 spiro atoms. The van der Waals surface area contributed by atoms with Crippen molar-refractivity contribution in [2.75, 3.05) is 23.3 Å². The quantitative estimate of drug-likeness (QED) is 0.728. The number of halogens is 1. The Bertz CT molecular complexity index is 968. The van der Waals surface area contributed by atoms with E-state index in [1.54, 1.807) is 24.5 Å². The van der Waals surface area contributed by atoms with Gasteiger partial charge in [0.15, 0.2) is 11.6 Å². The maximum absolute atomic E-state index is 13.1. The van der Waals surface area contributed by atoms with Gasteiger partial charge in [-0.2, -0.15) is 0 Å². The molecule has 1 aromatic carbocycles. The minimum Gasteiger partial charge on any atom is -0.490 e. The number of piperidine rings is 1. The molecule has 1 aliphatic carbocycles. The van der Waals surface area contributed by atoms with Crippen LogP contribution in [-0.2, 0) is 0 Å². The van der Waals surface area contributed by atoms with E-state index in [1.807, 2.05) is 6.07 Å². The lowest BCUT2D eigenvalue weighted by atomic mass is 10.1. The third-order valence-electron chi connectivity index (χ3n) is 5.22. The van der Waals surface area contributed by atoms with Gasteiger partial charge in [-0.05, 0) is 43.2 Å². The fourth-order valence-corrected chi connectivity index (χ4v) is 3.53. The van der Waals surface area contributed by atoms with Crippen molar-refractivity contribution in [2.45, 2.75) is 37.8 Å². The number of ether oxygens (including phenoxy) is 1. The second kappa shape index (κ2) is 7.22. The number of hydrogen-bond donors (Lipinski definition) is 1. The molecule has 2 fully saturated rings. The molecule has 144 valence electrons. The highest BCUT2D eigenvalue weighted by atomic mass is 19.1. The molecule has 0 atom stereocenters. The Morgan fingerprint density at radius 1 is 0.964 bits per heavy atom. The Morgan fingerprint density at radius 3 is 2.50 bits per heavy atom. The molecule has 0 amide bonds. The lowest BCUT2D eigenvalue weighted by Gasteiger charge is -2.33. The summed E-state index contributed by atoms with van der Waals surface area (Å²) in [5, 5.41) is 3.53. The first-order valence-corrected chi connectivity index (χ1v) is 9.80. The van der Waals surface area contributed by atoms with E-state index in [0.29, 0.717) is 11.8 Å². The number of pyridine rings is 1. The Labute approximate surface area is 162 Å². The summed E-state index contributed by atoms with van der Waals surface area (Å²) in [4.78, 5) is 16.1. The Hall–Kier alpha value is -2.96. The zero-order chi connectivity index (χ0) is 18.9. The van der Waals surface area contributed by atoms with Crippen LogP contribution in [0.15, 0.2) is 42.7 Å². The summed E-state index contributed by atoms with van der Waals surface area (Å²) in [6.45, 7) is 1.68. The number of anilines is 2. The van der Waals surface area contributed by atoms with Crippen molar-refractivity contribution in [3.05, 3.63) is 48.5 Å². The first-order valence-electron chi connectivity index (χ1n) is 9.80.